The van der Waals surface area contributed by atoms with E-state index in [1.54, 1.807) is 0 Å². The van der Waals surface area contributed by atoms with Crippen molar-refractivity contribution in [2.45, 2.75) is 51.9 Å². The van der Waals surface area contributed by atoms with Crippen LogP contribution in [-0.2, 0) is 24.3 Å². The summed E-state index contributed by atoms with van der Waals surface area (Å²) in [6.45, 7) is 11.3. The van der Waals surface area contributed by atoms with Crippen LogP contribution in [0.5, 0.6) is 0 Å². The molecule has 4 rings (SSSR count). The molecule has 27 heavy (non-hydrogen) atoms. The van der Waals surface area contributed by atoms with E-state index >= 15 is 0 Å². The predicted molar refractivity (Wildman–Crippen MR) is 111 cm³/mol. The average molecular weight is 361 g/mol. The third kappa shape index (κ3) is 3.14. The van der Waals surface area contributed by atoms with Crippen molar-refractivity contribution in [1.29, 1.82) is 0 Å². The lowest BCUT2D eigenvalue weighted by Gasteiger charge is -2.25. The van der Waals surface area contributed by atoms with E-state index in [1.165, 1.54) is 16.6 Å². The number of aryl methyl sites for hydroxylation is 1. The number of imidazole rings is 2. The van der Waals surface area contributed by atoms with Gasteiger partial charge in [0.2, 0.25) is 0 Å². The summed E-state index contributed by atoms with van der Waals surface area (Å²) in [4.78, 5) is 9.42. The van der Waals surface area contributed by atoms with Gasteiger partial charge in [-0.25, -0.2) is 9.97 Å². The zero-order valence-corrected chi connectivity index (χ0v) is 17.1. The summed E-state index contributed by atoms with van der Waals surface area (Å²) in [6.07, 6.45) is 6.78. The Morgan fingerprint density at radius 2 is 1.70 bits per heavy atom. The van der Waals surface area contributed by atoms with E-state index in [0.717, 1.165) is 23.4 Å². The van der Waals surface area contributed by atoms with Gasteiger partial charge >= 0.3 is 0 Å². The molecule has 0 unspecified atom stereocenters. The Hall–Kier alpha value is -2.62. The second kappa shape index (κ2) is 5.95. The highest BCUT2D eigenvalue weighted by molar-refractivity contribution is 5.77. The summed E-state index contributed by atoms with van der Waals surface area (Å²) in [5.74, 6) is 1.12. The van der Waals surface area contributed by atoms with Crippen LogP contribution in [0.4, 0.5) is 0 Å². The van der Waals surface area contributed by atoms with Crippen molar-refractivity contribution in [3.8, 4) is 0 Å². The highest BCUT2D eigenvalue weighted by Gasteiger charge is 2.25. The van der Waals surface area contributed by atoms with Crippen LogP contribution in [0.25, 0.3) is 16.7 Å². The normalized spacial score (nSPS) is 13.0. The number of pyridine rings is 1. The molecule has 0 fully saturated rings. The van der Waals surface area contributed by atoms with E-state index in [9.17, 15) is 0 Å². The number of hydrogen-bond acceptors (Lipinski definition) is 2. The van der Waals surface area contributed by atoms with Crippen LogP contribution in [0.1, 0.15) is 51.6 Å². The standard InChI is InChI=1S/C23H28N4/c1-22(2,3)16-7-8-19-18(13-16)25-21(26(19)6)15-23(4,5)17-9-11-27-12-10-24-20(27)14-17/h7-14H,15H2,1-6H3. The van der Waals surface area contributed by atoms with E-state index in [1.807, 2.05) is 16.8 Å². The fourth-order valence-electron chi connectivity index (χ4n) is 3.70. The summed E-state index contributed by atoms with van der Waals surface area (Å²) < 4.78 is 4.28. The molecule has 4 aromatic rings. The summed E-state index contributed by atoms with van der Waals surface area (Å²) in [5.41, 5.74) is 5.96. The monoisotopic (exact) mass is 360 g/mol. The van der Waals surface area contributed by atoms with E-state index in [2.05, 4.69) is 87.7 Å². The first-order valence-corrected chi connectivity index (χ1v) is 9.54. The van der Waals surface area contributed by atoms with Crippen molar-refractivity contribution in [3.05, 3.63) is 65.9 Å². The Labute approximate surface area is 160 Å². The van der Waals surface area contributed by atoms with Gasteiger partial charge in [0.15, 0.2) is 0 Å². The van der Waals surface area contributed by atoms with Gasteiger partial charge < -0.3 is 8.97 Å². The van der Waals surface area contributed by atoms with Gasteiger partial charge in [0.1, 0.15) is 11.5 Å². The molecule has 0 bridgehead atoms. The Morgan fingerprint density at radius 1 is 0.926 bits per heavy atom. The minimum atomic E-state index is -0.0321. The van der Waals surface area contributed by atoms with Gasteiger partial charge in [-0.05, 0) is 46.2 Å². The number of aromatic nitrogens is 4. The zero-order chi connectivity index (χ0) is 19.4. The number of nitrogens with zero attached hydrogens (tertiary/aromatic N) is 4. The molecule has 0 N–H and O–H groups in total. The molecule has 0 saturated carbocycles. The molecule has 4 nitrogen and oxygen atoms in total. The van der Waals surface area contributed by atoms with Crippen LogP contribution < -0.4 is 0 Å². The van der Waals surface area contributed by atoms with E-state index in [0.29, 0.717) is 0 Å². The molecule has 0 aliphatic heterocycles. The number of rotatable bonds is 3. The summed E-state index contributed by atoms with van der Waals surface area (Å²) in [6, 6.07) is 11.0. The molecule has 0 amide bonds. The van der Waals surface area contributed by atoms with Crippen molar-refractivity contribution in [2.24, 2.45) is 7.05 Å². The van der Waals surface area contributed by atoms with Crippen molar-refractivity contribution in [3.63, 3.8) is 0 Å². The van der Waals surface area contributed by atoms with Gasteiger partial charge in [0.05, 0.1) is 11.0 Å². The summed E-state index contributed by atoms with van der Waals surface area (Å²) in [5, 5.41) is 0. The molecule has 0 atom stereocenters. The molecule has 3 aromatic heterocycles. The Morgan fingerprint density at radius 3 is 2.44 bits per heavy atom. The van der Waals surface area contributed by atoms with E-state index in [-0.39, 0.29) is 10.8 Å². The van der Waals surface area contributed by atoms with Gasteiger partial charge in [-0.15, -0.1) is 0 Å². The smallest absolute Gasteiger partial charge is 0.136 e. The van der Waals surface area contributed by atoms with Crippen LogP contribution in [0.15, 0.2) is 48.9 Å². The molecule has 0 aliphatic carbocycles. The molecular formula is C23H28N4. The quantitative estimate of drug-likeness (QED) is 0.513. The average Bonchev–Trinajstić information content (AvgIpc) is 3.18. The summed E-state index contributed by atoms with van der Waals surface area (Å²) >= 11 is 0. The minimum absolute atomic E-state index is 0.0321. The molecular weight excluding hydrogens is 332 g/mol. The van der Waals surface area contributed by atoms with Crippen molar-refractivity contribution in [2.75, 3.05) is 0 Å². The number of fused-ring (bicyclic) bond motifs is 2. The lowest BCUT2D eigenvalue weighted by Crippen LogP contribution is -2.22. The third-order valence-electron chi connectivity index (χ3n) is 5.62. The Kier molecular flexibility index (Phi) is 3.91. The third-order valence-corrected chi connectivity index (χ3v) is 5.62. The lowest BCUT2D eigenvalue weighted by molar-refractivity contribution is 0.499. The van der Waals surface area contributed by atoms with Gasteiger partial charge in [0, 0.05) is 32.1 Å². The molecule has 4 heteroatoms. The molecule has 3 heterocycles. The molecule has 140 valence electrons. The minimum Gasteiger partial charge on any atom is -0.331 e. The Bertz CT molecular complexity index is 1120. The SMILES string of the molecule is Cn1c(CC(C)(C)c2ccn3ccnc3c2)nc2cc(C(C)(C)C)ccc21. The van der Waals surface area contributed by atoms with Crippen LogP contribution in [0, 0.1) is 0 Å². The van der Waals surface area contributed by atoms with Gasteiger partial charge in [0.25, 0.3) is 0 Å². The van der Waals surface area contributed by atoms with Crippen LogP contribution >= 0.6 is 0 Å². The number of hydrogen-bond donors (Lipinski definition) is 0. The predicted octanol–water partition coefficient (Wildman–Crippen LogP) is 5.04. The first-order chi connectivity index (χ1) is 12.6. The Balaban J connectivity index is 1.72. The largest absolute Gasteiger partial charge is 0.331 e. The maximum absolute atomic E-state index is 4.99. The van der Waals surface area contributed by atoms with E-state index in [4.69, 9.17) is 4.98 Å². The fourth-order valence-corrected chi connectivity index (χ4v) is 3.70. The first kappa shape index (κ1) is 17.8. The van der Waals surface area contributed by atoms with Crippen molar-refractivity contribution >= 4 is 16.7 Å². The topological polar surface area (TPSA) is 35.1 Å². The number of benzene rings is 1. The van der Waals surface area contributed by atoms with Gasteiger partial charge in [-0.2, -0.15) is 0 Å². The maximum atomic E-state index is 4.99. The van der Waals surface area contributed by atoms with Gasteiger partial charge in [-0.3, -0.25) is 0 Å². The van der Waals surface area contributed by atoms with Crippen LogP contribution in [-0.4, -0.2) is 18.9 Å². The molecule has 0 spiro atoms. The highest BCUT2D eigenvalue weighted by atomic mass is 15.1. The van der Waals surface area contributed by atoms with Crippen LogP contribution in [0.3, 0.4) is 0 Å². The van der Waals surface area contributed by atoms with Crippen LogP contribution in [0.2, 0.25) is 0 Å². The molecule has 0 saturated heterocycles. The molecule has 0 aliphatic rings. The zero-order valence-electron chi connectivity index (χ0n) is 17.1. The van der Waals surface area contributed by atoms with Gasteiger partial charge in [-0.1, -0.05) is 40.7 Å². The summed E-state index contributed by atoms with van der Waals surface area (Å²) in [7, 11) is 2.12. The molecule has 1 aromatic carbocycles. The fraction of sp³-hybridized carbons (Fsp3) is 0.391. The first-order valence-electron chi connectivity index (χ1n) is 9.54. The van der Waals surface area contributed by atoms with E-state index < -0.39 is 0 Å². The highest BCUT2D eigenvalue weighted by Crippen LogP contribution is 2.31. The van der Waals surface area contributed by atoms with Crippen molar-refractivity contribution in [1.82, 2.24) is 18.9 Å². The second-order valence-corrected chi connectivity index (χ2v) is 9.21. The molecule has 0 radical (unpaired) electrons. The second-order valence-electron chi connectivity index (χ2n) is 9.21. The lowest BCUT2D eigenvalue weighted by atomic mass is 9.81. The van der Waals surface area contributed by atoms with Crippen molar-refractivity contribution < 1.29 is 0 Å². The maximum Gasteiger partial charge on any atom is 0.136 e.